The minimum atomic E-state index is -0.770. The van der Waals surface area contributed by atoms with Gasteiger partial charge in [-0.1, -0.05) is 6.92 Å². The summed E-state index contributed by atoms with van der Waals surface area (Å²) in [5.41, 5.74) is 0. The minimum absolute atomic E-state index is 0.0760. The van der Waals surface area contributed by atoms with Crippen LogP contribution in [0.4, 0.5) is 0 Å². The lowest BCUT2D eigenvalue weighted by Crippen LogP contribution is -2.56. The quantitative estimate of drug-likeness (QED) is 0.695. The lowest BCUT2D eigenvalue weighted by atomic mass is 9.86. The molecule has 0 radical (unpaired) electrons. The Bertz CT molecular complexity index is 296. The zero-order chi connectivity index (χ0) is 11.7. The van der Waals surface area contributed by atoms with E-state index >= 15 is 0 Å². The molecular formula is C11H18N2O3. The average Bonchev–Trinajstić information content (AvgIpc) is 2.06. The second kappa shape index (κ2) is 4.41. The highest BCUT2D eigenvalue weighted by Gasteiger charge is 2.37. The van der Waals surface area contributed by atoms with Gasteiger partial charge in [-0.05, 0) is 19.0 Å². The van der Waals surface area contributed by atoms with E-state index in [2.05, 4.69) is 5.32 Å². The van der Waals surface area contributed by atoms with E-state index in [0.29, 0.717) is 19.0 Å². The number of aliphatic carboxylic acids is 1. The molecule has 0 saturated carbocycles. The summed E-state index contributed by atoms with van der Waals surface area (Å²) in [6, 6.07) is 0. The fraction of sp³-hybridized carbons (Fsp3) is 0.818. The number of amides is 1. The largest absolute Gasteiger partial charge is 0.481 e. The molecule has 16 heavy (non-hydrogen) atoms. The van der Waals surface area contributed by atoms with Crippen LogP contribution in [-0.2, 0) is 9.59 Å². The van der Waals surface area contributed by atoms with E-state index in [1.807, 2.05) is 6.92 Å². The lowest BCUT2D eigenvalue weighted by Gasteiger charge is -2.42. The van der Waals surface area contributed by atoms with Crippen molar-refractivity contribution < 1.29 is 14.7 Å². The monoisotopic (exact) mass is 226 g/mol. The van der Waals surface area contributed by atoms with Gasteiger partial charge in [-0.2, -0.15) is 0 Å². The molecule has 5 nitrogen and oxygen atoms in total. The van der Waals surface area contributed by atoms with Crippen LogP contribution in [-0.4, -0.2) is 48.1 Å². The van der Waals surface area contributed by atoms with Gasteiger partial charge in [0.25, 0.3) is 0 Å². The van der Waals surface area contributed by atoms with E-state index in [1.165, 1.54) is 0 Å². The summed E-state index contributed by atoms with van der Waals surface area (Å²) in [5, 5.41) is 11.8. The summed E-state index contributed by atoms with van der Waals surface area (Å²) in [4.78, 5) is 24.2. The highest BCUT2D eigenvalue weighted by atomic mass is 16.4. The number of rotatable bonds is 4. The van der Waals surface area contributed by atoms with Crippen molar-refractivity contribution >= 4 is 11.9 Å². The molecule has 2 fully saturated rings. The summed E-state index contributed by atoms with van der Waals surface area (Å²) in [5.74, 6) is 0.118. The number of hydrogen-bond acceptors (Lipinski definition) is 3. The predicted molar refractivity (Wildman–Crippen MR) is 57.8 cm³/mol. The zero-order valence-electron chi connectivity index (χ0n) is 9.48. The van der Waals surface area contributed by atoms with Crippen LogP contribution in [0.3, 0.4) is 0 Å². The number of carbonyl (C=O) groups excluding carboxylic acids is 1. The molecule has 90 valence electrons. The number of hydrogen-bond donors (Lipinski definition) is 2. The van der Waals surface area contributed by atoms with Crippen LogP contribution in [0, 0.1) is 17.8 Å². The first-order valence-corrected chi connectivity index (χ1v) is 5.79. The van der Waals surface area contributed by atoms with Gasteiger partial charge in [-0.3, -0.25) is 9.59 Å². The van der Waals surface area contributed by atoms with Crippen molar-refractivity contribution in [3.63, 3.8) is 0 Å². The summed E-state index contributed by atoms with van der Waals surface area (Å²) in [7, 11) is 0. The van der Waals surface area contributed by atoms with Crippen molar-refractivity contribution in [1.29, 1.82) is 0 Å². The fourth-order valence-corrected chi connectivity index (χ4v) is 2.28. The Labute approximate surface area is 94.8 Å². The molecule has 0 aliphatic carbocycles. The molecule has 2 N–H and O–H groups in total. The number of carboxylic acids is 1. The summed E-state index contributed by atoms with van der Waals surface area (Å²) >= 11 is 0. The van der Waals surface area contributed by atoms with Crippen LogP contribution < -0.4 is 5.32 Å². The van der Waals surface area contributed by atoms with E-state index < -0.39 is 5.97 Å². The molecule has 2 rings (SSSR count). The van der Waals surface area contributed by atoms with Crippen LogP contribution in [0.1, 0.15) is 13.3 Å². The maximum absolute atomic E-state index is 11.9. The topological polar surface area (TPSA) is 69.6 Å². The van der Waals surface area contributed by atoms with Gasteiger partial charge < -0.3 is 15.3 Å². The SMILES string of the molecule is CC(C(=O)N1CC(CC(=O)O)C1)C1CNC1. The van der Waals surface area contributed by atoms with Gasteiger partial charge >= 0.3 is 5.97 Å². The van der Waals surface area contributed by atoms with E-state index in [4.69, 9.17) is 5.11 Å². The smallest absolute Gasteiger partial charge is 0.303 e. The Morgan fingerprint density at radius 2 is 2.06 bits per heavy atom. The van der Waals surface area contributed by atoms with Gasteiger partial charge in [0.05, 0.1) is 6.42 Å². The third-order valence-corrected chi connectivity index (χ3v) is 3.64. The maximum Gasteiger partial charge on any atom is 0.303 e. The Balaban J connectivity index is 1.74. The maximum atomic E-state index is 11.9. The van der Waals surface area contributed by atoms with Gasteiger partial charge in [-0.25, -0.2) is 0 Å². The van der Waals surface area contributed by atoms with Crippen LogP contribution >= 0.6 is 0 Å². The molecule has 1 atom stereocenters. The van der Waals surface area contributed by atoms with Crippen molar-refractivity contribution in [1.82, 2.24) is 10.2 Å². The molecule has 0 spiro atoms. The first kappa shape index (κ1) is 11.4. The molecule has 1 unspecified atom stereocenters. The van der Waals surface area contributed by atoms with Crippen molar-refractivity contribution in [3.8, 4) is 0 Å². The Morgan fingerprint density at radius 3 is 2.50 bits per heavy atom. The Hall–Kier alpha value is -1.10. The van der Waals surface area contributed by atoms with Crippen LogP contribution in [0.2, 0.25) is 0 Å². The normalized spacial score (nSPS) is 23.4. The number of nitrogens with one attached hydrogen (secondary N) is 1. The van der Waals surface area contributed by atoms with Gasteiger partial charge in [-0.15, -0.1) is 0 Å². The van der Waals surface area contributed by atoms with Gasteiger partial charge in [0, 0.05) is 24.9 Å². The number of likely N-dealkylation sites (tertiary alicyclic amines) is 1. The molecule has 1 amide bonds. The first-order valence-electron chi connectivity index (χ1n) is 5.79. The van der Waals surface area contributed by atoms with Gasteiger partial charge in [0.2, 0.25) is 5.91 Å². The summed E-state index contributed by atoms with van der Waals surface area (Å²) in [6.07, 6.45) is 0.184. The van der Waals surface area contributed by atoms with E-state index in [0.717, 1.165) is 13.1 Å². The van der Waals surface area contributed by atoms with Crippen molar-refractivity contribution in [3.05, 3.63) is 0 Å². The van der Waals surface area contributed by atoms with Crippen LogP contribution in [0.5, 0.6) is 0 Å². The molecular weight excluding hydrogens is 208 g/mol. The van der Waals surface area contributed by atoms with Crippen LogP contribution in [0.15, 0.2) is 0 Å². The van der Waals surface area contributed by atoms with Gasteiger partial charge in [0.15, 0.2) is 0 Å². The zero-order valence-corrected chi connectivity index (χ0v) is 9.48. The van der Waals surface area contributed by atoms with Crippen molar-refractivity contribution in [2.45, 2.75) is 13.3 Å². The second-order valence-corrected chi connectivity index (χ2v) is 4.91. The van der Waals surface area contributed by atoms with E-state index in [-0.39, 0.29) is 24.2 Å². The second-order valence-electron chi connectivity index (χ2n) is 4.91. The van der Waals surface area contributed by atoms with Crippen molar-refractivity contribution in [2.24, 2.45) is 17.8 Å². The standard InChI is InChI=1S/C11H18N2O3/c1-7(9-3-12-4-9)11(16)13-5-8(6-13)2-10(14)15/h7-9,12H,2-6H2,1H3,(H,14,15). The summed E-state index contributed by atoms with van der Waals surface area (Å²) in [6.45, 7) is 5.07. The fourth-order valence-electron chi connectivity index (χ4n) is 2.28. The number of nitrogens with zero attached hydrogens (tertiary/aromatic N) is 1. The van der Waals surface area contributed by atoms with Crippen molar-refractivity contribution in [2.75, 3.05) is 26.2 Å². The molecule has 2 saturated heterocycles. The molecule has 0 aromatic heterocycles. The number of carbonyl (C=O) groups is 2. The molecule has 2 aliphatic heterocycles. The number of carboxylic acid groups (broad SMARTS) is 1. The van der Waals surface area contributed by atoms with E-state index in [9.17, 15) is 9.59 Å². The molecule has 0 aromatic rings. The summed E-state index contributed by atoms with van der Waals surface area (Å²) < 4.78 is 0. The van der Waals surface area contributed by atoms with E-state index in [1.54, 1.807) is 4.90 Å². The molecule has 2 aliphatic rings. The molecule has 0 aromatic carbocycles. The first-order chi connectivity index (χ1) is 7.58. The molecule has 2 heterocycles. The van der Waals surface area contributed by atoms with Crippen LogP contribution in [0.25, 0.3) is 0 Å². The third kappa shape index (κ3) is 2.19. The molecule has 5 heteroatoms. The van der Waals surface area contributed by atoms with Gasteiger partial charge in [0.1, 0.15) is 0 Å². The Morgan fingerprint density at radius 1 is 1.44 bits per heavy atom. The Kier molecular flexibility index (Phi) is 3.14. The predicted octanol–water partition coefficient (Wildman–Crippen LogP) is -0.225. The average molecular weight is 226 g/mol. The highest BCUT2D eigenvalue weighted by molar-refractivity contribution is 5.80. The lowest BCUT2D eigenvalue weighted by molar-refractivity contribution is -0.148. The molecule has 0 bridgehead atoms. The minimum Gasteiger partial charge on any atom is -0.481 e. The third-order valence-electron chi connectivity index (χ3n) is 3.64. The highest BCUT2D eigenvalue weighted by Crippen LogP contribution is 2.25.